The molecule has 1 aromatic heterocycles. The van der Waals surface area contributed by atoms with Gasteiger partial charge in [0.2, 0.25) is 11.1 Å². The number of carbonyl (C=O) groups excluding carboxylic acids is 1. The van der Waals surface area contributed by atoms with Crippen LogP contribution in [0.5, 0.6) is 11.5 Å². The van der Waals surface area contributed by atoms with Crippen LogP contribution in [0.2, 0.25) is 0 Å². The number of para-hydroxylation sites is 1. The van der Waals surface area contributed by atoms with Crippen LogP contribution in [-0.4, -0.2) is 36.0 Å². The third kappa shape index (κ3) is 3.62. The van der Waals surface area contributed by atoms with E-state index in [4.69, 9.17) is 14.6 Å². The number of nitrogens with one attached hydrogen (secondary N) is 1. The van der Waals surface area contributed by atoms with Gasteiger partial charge in [0.05, 0.1) is 25.0 Å². The Balaban J connectivity index is 2.04. The summed E-state index contributed by atoms with van der Waals surface area (Å²) in [6.45, 7) is 4.18. The standard InChI is InChI=1S/C23H24N4O4S/c1-5-19(28)26-16-10-8-7-9-15(16)20-21(29)24-23(32-4)25-27(20)22(26)14-11-12-17(30-3)18(13-14)31-6-2/h7-13,22H,5-6H2,1-4H3/p+1/t22-/m1/s1. The molecule has 1 amide bonds. The number of H-pyrrole nitrogens is 1. The van der Waals surface area contributed by atoms with Gasteiger partial charge in [-0.1, -0.05) is 30.8 Å². The van der Waals surface area contributed by atoms with E-state index in [2.05, 4.69) is 4.98 Å². The molecule has 0 radical (unpaired) electrons. The van der Waals surface area contributed by atoms with E-state index < -0.39 is 6.17 Å². The Kier molecular flexibility index (Phi) is 6.18. The summed E-state index contributed by atoms with van der Waals surface area (Å²) >= 11 is 1.33. The third-order valence-electron chi connectivity index (χ3n) is 5.31. The van der Waals surface area contributed by atoms with Crippen molar-refractivity contribution in [2.24, 2.45) is 0 Å². The predicted molar refractivity (Wildman–Crippen MR) is 122 cm³/mol. The number of methoxy groups -OCH3 is 1. The molecule has 0 unspecified atom stereocenters. The maximum Gasteiger partial charge on any atom is 0.325 e. The van der Waals surface area contributed by atoms with Gasteiger partial charge >= 0.3 is 11.3 Å². The zero-order valence-corrected chi connectivity index (χ0v) is 19.2. The highest BCUT2D eigenvalue weighted by Gasteiger charge is 2.45. The number of aromatic amines is 1. The Labute approximate surface area is 190 Å². The number of carbonyl (C=O) groups is 1. The zero-order chi connectivity index (χ0) is 22.8. The lowest BCUT2D eigenvalue weighted by molar-refractivity contribution is -0.763. The first-order valence-corrected chi connectivity index (χ1v) is 11.6. The van der Waals surface area contributed by atoms with Crippen molar-refractivity contribution in [1.82, 2.24) is 10.1 Å². The third-order valence-corrected chi connectivity index (χ3v) is 5.88. The lowest BCUT2D eigenvalue weighted by Crippen LogP contribution is -2.60. The van der Waals surface area contributed by atoms with Crippen LogP contribution in [0.1, 0.15) is 32.0 Å². The van der Waals surface area contributed by atoms with Gasteiger partial charge in [0.25, 0.3) is 6.17 Å². The van der Waals surface area contributed by atoms with E-state index in [0.29, 0.717) is 46.6 Å². The summed E-state index contributed by atoms with van der Waals surface area (Å²) in [6, 6.07) is 12.9. The first kappa shape index (κ1) is 21.9. The highest BCUT2D eigenvalue weighted by molar-refractivity contribution is 7.98. The number of nitrogens with zero attached hydrogens (tertiary/aromatic N) is 3. The Hall–Kier alpha value is -3.33. The highest BCUT2D eigenvalue weighted by atomic mass is 32.2. The molecule has 0 aliphatic carbocycles. The summed E-state index contributed by atoms with van der Waals surface area (Å²) in [7, 11) is 1.58. The maximum atomic E-state index is 13.2. The first-order chi connectivity index (χ1) is 15.5. The van der Waals surface area contributed by atoms with Gasteiger partial charge in [0, 0.05) is 17.1 Å². The van der Waals surface area contributed by atoms with Crippen LogP contribution in [0.25, 0.3) is 11.3 Å². The summed E-state index contributed by atoms with van der Waals surface area (Å²) in [6.07, 6.45) is 1.48. The van der Waals surface area contributed by atoms with E-state index in [1.165, 1.54) is 11.8 Å². The Morgan fingerprint density at radius 3 is 2.69 bits per heavy atom. The Morgan fingerprint density at radius 1 is 1.22 bits per heavy atom. The molecule has 0 saturated carbocycles. The lowest BCUT2D eigenvalue weighted by Gasteiger charge is -2.32. The molecule has 0 spiro atoms. The highest BCUT2D eigenvalue weighted by Crippen LogP contribution is 2.39. The van der Waals surface area contributed by atoms with Gasteiger partial charge in [-0.15, -0.1) is 0 Å². The molecule has 1 atom stereocenters. The van der Waals surface area contributed by atoms with Gasteiger partial charge in [-0.3, -0.25) is 14.6 Å². The molecule has 1 aliphatic heterocycles. The van der Waals surface area contributed by atoms with E-state index in [1.54, 1.807) is 22.8 Å². The summed E-state index contributed by atoms with van der Waals surface area (Å²) in [5, 5.41) is 5.16. The SMILES string of the molecule is CCOc1cc([C@@H]2N(C(=O)CC)c3ccccc3-c3c(=O)[nH]c(SC)n[n+]32)ccc1OC. The van der Waals surface area contributed by atoms with Gasteiger partial charge in [-0.2, -0.15) is 0 Å². The van der Waals surface area contributed by atoms with Gasteiger partial charge in [-0.25, -0.2) is 4.90 Å². The molecular formula is C23H25N4O4S+. The molecule has 1 aliphatic rings. The molecule has 166 valence electrons. The summed E-state index contributed by atoms with van der Waals surface area (Å²) in [5.41, 5.74) is 2.22. The predicted octanol–water partition coefficient (Wildman–Crippen LogP) is 3.16. The number of aromatic nitrogens is 3. The number of thioether (sulfide) groups is 1. The summed E-state index contributed by atoms with van der Waals surface area (Å²) < 4.78 is 12.8. The van der Waals surface area contributed by atoms with Gasteiger partial charge in [0.15, 0.2) is 11.5 Å². The fourth-order valence-electron chi connectivity index (χ4n) is 3.93. The topological polar surface area (TPSA) is 88.4 Å². The van der Waals surface area contributed by atoms with Crippen LogP contribution >= 0.6 is 11.8 Å². The molecule has 8 nitrogen and oxygen atoms in total. The zero-order valence-electron chi connectivity index (χ0n) is 18.4. The number of ether oxygens (including phenoxy) is 2. The molecule has 32 heavy (non-hydrogen) atoms. The summed E-state index contributed by atoms with van der Waals surface area (Å²) in [5.74, 6) is 1.07. The van der Waals surface area contributed by atoms with E-state index in [1.807, 2.05) is 56.5 Å². The smallest absolute Gasteiger partial charge is 0.325 e. The van der Waals surface area contributed by atoms with Crippen LogP contribution in [0, 0.1) is 0 Å². The average Bonchev–Trinajstić information content (AvgIpc) is 2.82. The number of anilines is 1. The van der Waals surface area contributed by atoms with Crippen molar-refractivity contribution in [3.63, 3.8) is 0 Å². The number of hydrogen-bond acceptors (Lipinski definition) is 6. The van der Waals surface area contributed by atoms with Gasteiger partial charge in [-0.05, 0) is 48.2 Å². The van der Waals surface area contributed by atoms with Crippen molar-refractivity contribution in [3.05, 3.63) is 58.4 Å². The number of amides is 1. The van der Waals surface area contributed by atoms with Crippen LogP contribution in [0.3, 0.4) is 0 Å². The second-order valence-corrected chi connectivity index (χ2v) is 7.90. The lowest BCUT2D eigenvalue weighted by atomic mass is 10.0. The monoisotopic (exact) mass is 453 g/mol. The molecule has 0 saturated heterocycles. The van der Waals surface area contributed by atoms with E-state index in [9.17, 15) is 9.59 Å². The largest absolute Gasteiger partial charge is 0.493 e. The van der Waals surface area contributed by atoms with E-state index >= 15 is 0 Å². The van der Waals surface area contributed by atoms with E-state index in [0.717, 1.165) is 5.56 Å². The van der Waals surface area contributed by atoms with Crippen LogP contribution in [-0.2, 0) is 4.79 Å². The van der Waals surface area contributed by atoms with Crippen LogP contribution in [0.4, 0.5) is 5.69 Å². The van der Waals surface area contributed by atoms with Crippen molar-refractivity contribution in [2.45, 2.75) is 31.6 Å². The van der Waals surface area contributed by atoms with Crippen LogP contribution in [0.15, 0.2) is 52.4 Å². The van der Waals surface area contributed by atoms with Crippen molar-refractivity contribution in [1.29, 1.82) is 0 Å². The maximum absolute atomic E-state index is 13.2. The average molecular weight is 454 g/mol. The molecule has 4 rings (SSSR count). The Morgan fingerprint density at radius 2 is 2.00 bits per heavy atom. The number of hydrogen-bond donors (Lipinski definition) is 1. The number of rotatable bonds is 6. The molecule has 2 heterocycles. The molecule has 9 heteroatoms. The second-order valence-electron chi connectivity index (χ2n) is 7.11. The van der Waals surface area contributed by atoms with Crippen molar-refractivity contribution in [3.8, 4) is 22.8 Å². The summed E-state index contributed by atoms with van der Waals surface area (Å²) in [4.78, 5) is 30.9. The minimum absolute atomic E-state index is 0.0813. The van der Waals surface area contributed by atoms with Gasteiger partial charge < -0.3 is 9.47 Å². The van der Waals surface area contributed by atoms with Crippen molar-refractivity contribution >= 4 is 23.4 Å². The Bertz CT molecular complexity index is 1230. The van der Waals surface area contributed by atoms with Crippen molar-refractivity contribution < 1.29 is 19.0 Å². The normalized spacial score (nSPS) is 14.5. The quantitative estimate of drug-likeness (QED) is 0.456. The molecule has 1 N–H and O–H groups in total. The van der Waals surface area contributed by atoms with Crippen molar-refractivity contribution in [2.75, 3.05) is 24.9 Å². The second kappa shape index (κ2) is 9.04. The van der Waals surface area contributed by atoms with Crippen LogP contribution < -0.4 is 24.6 Å². The fraction of sp³-hybridized carbons (Fsp3) is 0.304. The number of benzene rings is 2. The minimum atomic E-state index is -0.661. The molecule has 0 fully saturated rings. The fourth-order valence-corrected chi connectivity index (χ4v) is 4.29. The molecule has 3 aromatic rings. The number of fused-ring (bicyclic) bond motifs is 3. The minimum Gasteiger partial charge on any atom is -0.493 e. The molecule has 0 bridgehead atoms. The van der Waals surface area contributed by atoms with E-state index in [-0.39, 0.29) is 11.5 Å². The van der Waals surface area contributed by atoms with Gasteiger partial charge in [0.1, 0.15) is 0 Å². The molecule has 2 aromatic carbocycles. The molecular weight excluding hydrogens is 428 g/mol. The first-order valence-electron chi connectivity index (χ1n) is 10.4.